The van der Waals surface area contributed by atoms with Crippen LogP contribution in [0.5, 0.6) is 17.2 Å². The number of hydrogen-bond acceptors (Lipinski definition) is 4. The molecule has 2 atom stereocenters. The fourth-order valence-electron chi connectivity index (χ4n) is 3.04. The Bertz CT molecular complexity index is 449. The van der Waals surface area contributed by atoms with E-state index < -0.39 is 0 Å². The standard InChI is InChI=1S/C16H23NO3/c1-2-17-13-6-4-3-5-7-14(13)20-12-8-9-15-16(10-12)19-11-18-15/h8-10,13-14,17H,2-7,11H2,1H3. The summed E-state index contributed by atoms with van der Waals surface area (Å²) in [6, 6.07) is 6.29. The normalized spacial score (nSPS) is 25.2. The van der Waals surface area contributed by atoms with E-state index in [-0.39, 0.29) is 6.10 Å². The van der Waals surface area contributed by atoms with Crippen LogP contribution in [0, 0.1) is 0 Å². The van der Waals surface area contributed by atoms with Crippen LogP contribution in [0.15, 0.2) is 18.2 Å². The Balaban J connectivity index is 1.70. The molecule has 1 saturated carbocycles. The first-order valence-electron chi connectivity index (χ1n) is 7.66. The van der Waals surface area contributed by atoms with Gasteiger partial charge in [0.2, 0.25) is 6.79 Å². The largest absolute Gasteiger partial charge is 0.489 e. The zero-order valence-electron chi connectivity index (χ0n) is 12.1. The Morgan fingerprint density at radius 2 is 2.00 bits per heavy atom. The first-order chi connectivity index (χ1) is 9.86. The van der Waals surface area contributed by atoms with E-state index in [1.807, 2.05) is 18.2 Å². The molecule has 20 heavy (non-hydrogen) atoms. The van der Waals surface area contributed by atoms with Crippen molar-refractivity contribution < 1.29 is 14.2 Å². The molecule has 1 aromatic rings. The van der Waals surface area contributed by atoms with Crippen molar-refractivity contribution in [3.63, 3.8) is 0 Å². The number of ether oxygens (including phenoxy) is 3. The Morgan fingerprint density at radius 1 is 1.15 bits per heavy atom. The number of benzene rings is 1. The highest BCUT2D eigenvalue weighted by molar-refractivity contribution is 5.46. The molecule has 0 saturated heterocycles. The van der Waals surface area contributed by atoms with E-state index in [1.165, 1.54) is 25.7 Å². The summed E-state index contributed by atoms with van der Waals surface area (Å²) in [4.78, 5) is 0. The second-order valence-electron chi connectivity index (χ2n) is 5.47. The summed E-state index contributed by atoms with van der Waals surface area (Å²) in [5, 5.41) is 3.57. The minimum Gasteiger partial charge on any atom is -0.489 e. The minimum absolute atomic E-state index is 0.248. The Morgan fingerprint density at radius 3 is 2.90 bits per heavy atom. The van der Waals surface area contributed by atoms with Gasteiger partial charge in [0.15, 0.2) is 11.5 Å². The molecule has 0 aromatic heterocycles. The molecule has 0 amide bonds. The van der Waals surface area contributed by atoms with Crippen molar-refractivity contribution in [3.8, 4) is 17.2 Å². The molecule has 2 unspecified atom stereocenters. The van der Waals surface area contributed by atoms with Gasteiger partial charge in [-0.3, -0.25) is 0 Å². The van der Waals surface area contributed by atoms with Crippen molar-refractivity contribution in [3.05, 3.63) is 18.2 Å². The predicted molar refractivity (Wildman–Crippen MR) is 77.5 cm³/mol. The lowest BCUT2D eigenvalue weighted by Crippen LogP contribution is -2.42. The number of nitrogens with one attached hydrogen (secondary N) is 1. The molecule has 110 valence electrons. The van der Waals surface area contributed by atoms with E-state index in [1.54, 1.807) is 0 Å². The van der Waals surface area contributed by atoms with Crippen LogP contribution in [0.2, 0.25) is 0 Å². The van der Waals surface area contributed by atoms with E-state index in [4.69, 9.17) is 14.2 Å². The molecule has 2 aliphatic rings. The summed E-state index contributed by atoms with van der Waals surface area (Å²) in [5.74, 6) is 2.47. The Hall–Kier alpha value is -1.42. The Labute approximate surface area is 120 Å². The number of fused-ring (bicyclic) bond motifs is 1. The van der Waals surface area contributed by atoms with E-state index >= 15 is 0 Å². The second kappa shape index (κ2) is 6.35. The van der Waals surface area contributed by atoms with E-state index in [0.29, 0.717) is 12.8 Å². The Kier molecular flexibility index (Phi) is 4.31. The summed E-state index contributed by atoms with van der Waals surface area (Å²) in [6.45, 7) is 3.45. The van der Waals surface area contributed by atoms with Gasteiger partial charge < -0.3 is 19.5 Å². The van der Waals surface area contributed by atoms with Gasteiger partial charge in [0.1, 0.15) is 11.9 Å². The highest BCUT2D eigenvalue weighted by atomic mass is 16.7. The lowest BCUT2D eigenvalue weighted by atomic mass is 10.1. The molecule has 4 nitrogen and oxygen atoms in total. The fraction of sp³-hybridized carbons (Fsp3) is 0.625. The summed E-state index contributed by atoms with van der Waals surface area (Å²) >= 11 is 0. The summed E-state index contributed by atoms with van der Waals surface area (Å²) in [6.07, 6.45) is 6.41. The van der Waals surface area contributed by atoms with Crippen LogP contribution in [0.1, 0.15) is 39.0 Å². The van der Waals surface area contributed by atoms with Gasteiger partial charge in [0.25, 0.3) is 0 Å². The third kappa shape index (κ3) is 3.01. The average Bonchev–Trinajstić information content (AvgIpc) is 2.82. The quantitative estimate of drug-likeness (QED) is 0.858. The van der Waals surface area contributed by atoms with Gasteiger partial charge >= 0.3 is 0 Å². The van der Waals surface area contributed by atoms with Crippen LogP contribution in [0.3, 0.4) is 0 Å². The summed E-state index contributed by atoms with van der Waals surface area (Å²) < 4.78 is 17.0. The maximum atomic E-state index is 6.23. The number of hydrogen-bond donors (Lipinski definition) is 1. The van der Waals surface area contributed by atoms with Crippen molar-refractivity contribution in [2.24, 2.45) is 0 Å². The highest BCUT2D eigenvalue weighted by Crippen LogP contribution is 2.36. The van der Waals surface area contributed by atoms with E-state index in [9.17, 15) is 0 Å². The van der Waals surface area contributed by atoms with Crippen LogP contribution in [0.25, 0.3) is 0 Å². The molecule has 1 heterocycles. The smallest absolute Gasteiger partial charge is 0.231 e. The monoisotopic (exact) mass is 277 g/mol. The molecular weight excluding hydrogens is 254 g/mol. The van der Waals surface area contributed by atoms with Gasteiger partial charge in [-0.1, -0.05) is 19.8 Å². The molecule has 1 aliphatic carbocycles. The minimum atomic E-state index is 0.248. The number of likely N-dealkylation sites (N-methyl/N-ethyl adjacent to an activating group) is 1. The SMILES string of the molecule is CCNC1CCCCCC1Oc1ccc2c(c1)OCO2. The second-order valence-corrected chi connectivity index (χ2v) is 5.47. The zero-order chi connectivity index (χ0) is 13.8. The third-order valence-corrected chi connectivity index (χ3v) is 4.05. The lowest BCUT2D eigenvalue weighted by molar-refractivity contribution is 0.145. The van der Waals surface area contributed by atoms with Crippen LogP contribution in [-0.2, 0) is 0 Å². The summed E-state index contributed by atoms with van der Waals surface area (Å²) in [5.41, 5.74) is 0. The van der Waals surface area contributed by atoms with Crippen molar-refractivity contribution in [1.29, 1.82) is 0 Å². The molecular formula is C16H23NO3. The topological polar surface area (TPSA) is 39.7 Å². The zero-order valence-corrected chi connectivity index (χ0v) is 12.1. The molecule has 1 fully saturated rings. The molecule has 4 heteroatoms. The first-order valence-corrected chi connectivity index (χ1v) is 7.66. The lowest BCUT2D eigenvalue weighted by Gasteiger charge is -2.26. The van der Waals surface area contributed by atoms with Gasteiger partial charge in [0, 0.05) is 12.1 Å². The maximum absolute atomic E-state index is 6.23. The van der Waals surface area contributed by atoms with Crippen molar-refractivity contribution >= 4 is 0 Å². The van der Waals surface area contributed by atoms with Crippen molar-refractivity contribution in [2.45, 2.75) is 51.2 Å². The molecule has 1 aromatic carbocycles. The third-order valence-electron chi connectivity index (χ3n) is 4.05. The molecule has 0 radical (unpaired) electrons. The molecule has 1 aliphatic heterocycles. The molecule has 0 spiro atoms. The van der Waals surface area contributed by atoms with Gasteiger partial charge in [-0.25, -0.2) is 0 Å². The fourth-order valence-corrected chi connectivity index (χ4v) is 3.04. The van der Waals surface area contributed by atoms with Gasteiger partial charge in [-0.15, -0.1) is 0 Å². The van der Waals surface area contributed by atoms with E-state index in [2.05, 4.69) is 12.2 Å². The first kappa shape index (κ1) is 13.6. The predicted octanol–water partition coefficient (Wildman–Crippen LogP) is 3.10. The number of rotatable bonds is 4. The van der Waals surface area contributed by atoms with Crippen LogP contribution < -0.4 is 19.5 Å². The van der Waals surface area contributed by atoms with Crippen LogP contribution >= 0.6 is 0 Å². The van der Waals surface area contributed by atoms with Gasteiger partial charge in [0.05, 0.1) is 0 Å². The van der Waals surface area contributed by atoms with Crippen LogP contribution in [0.4, 0.5) is 0 Å². The summed E-state index contributed by atoms with van der Waals surface area (Å²) in [7, 11) is 0. The van der Waals surface area contributed by atoms with Crippen LogP contribution in [-0.4, -0.2) is 25.5 Å². The molecule has 3 rings (SSSR count). The maximum Gasteiger partial charge on any atom is 0.231 e. The highest BCUT2D eigenvalue weighted by Gasteiger charge is 2.25. The van der Waals surface area contributed by atoms with Gasteiger partial charge in [-0.2, -0.15) is 0 Å². The van der Waals surface area contributed by atoms with Crippen molar-refractivity contribution in [2.75, 3.05) is 13.3 Å². The molecule has 1 N–H and O–H groups in total. The van der Waals surface area contributed by atoms with E-state index in [0.717, 1.165) is 30.2 Å². The molecule has 0 bridgehead atoms. The van der Waals surface area contributed by atoms with Crippen molar-refractivity contribution in [1.82, 2.24) is 5.32 Å². The average molecular weight is 277 g/mol. The van der Waals surface area contributed by atoms with Gasteiger partial charge in [-0.05, 0) is 37.9 Å².